The third-order valence-corrected chi connectivity index (χ3v) is 4.39. The molecule has 1 aromatic carbocycles. The van der Waals surface area contributed by atoms with E-state index in [-0.39, 0.29) is 0 Å². The highest BCUT2D eigenvalue weighted by Gasteiger charge is 2.35. The van der Waals surface area contributed by atoms with Crippen LogP contribution >= 0.6 is 11.3 Å². The Bertz CT molecular complexity index is 859. The first-order valence-corrected chi connectivity index (χ1v) is 8.52. The Morgan fingerprint density at radius 3 is 2.46 bits per heavy atom. The van der Waals surface area contributed by atoms with Crippen LogP contribution in [0.1, 0.15) is 5.69 Å². The molecule has 2 heterocycles. The van der Waals surface area contributed by atoms with Crippen LogP contribution in [0.2, 0.25) is 0 Å². The molecule has 10 heteroatoms. The molecule has 3 rings (SSSR count). The van der Waals surface area contributed by atoms with Gasteiger partial charge in [0.15, 0.2) is 5.69 Å². The van der Waals surface area contributed by atoms with E-state index < -0.39 is 23.1 Å². The SMILES string of the molecule is O=S(O)Nc1ccc(-n2nc(C(F)(F)F)cc2-c2cccs2)cc1. The summed E-state index contributed by atoms with van der Waals surface area (Å²) in [5.74, 6) is 0. The summed E-state index contributed by atoms with van der Waals surface area (Å²) in [6.45, 7) is 0. The number of benzene rings is 1. The largest absolute Gasteiger partial charge is 0.435 e. The van der Waals surface area contributed by atoms with Gasteiger partial charge in [0.2, 0.25) is 0 Å². The molecule has 0 bridgehead atoms. The highest BCUT2D eigenvalue weighted by Crippen LogP contribution is 2.34. The average molecular weight is 373 g/mol. The Kier molecular flexibility index (Phi) is 4.43. The summed E-state index contributed by atoms with van der Waals surface area (Å²) in [6.07, 6.45) is -4.55. The first-order chi connectivity index (χ1) is 11.3. The second kappa shape index (κ2) is 6.38. The van der Waals surface area contributed by atoms with E-state index in [1.165, 1.54) is 40.3 Å². The van der Waals surface area contributed by atoms with Crippen LogP contribution < -0.4 is 4.72 Å². The van der Waals surface area contributed by atoms with Crippen molar-refractivity contribution < 1.29 is 21.9 Å². The first-order valence-electron chi connectivity index (χ1n) is 6.54. The van der Waals surface area contributed by atoms with Gasteiger partial charge in [0.05, 0.1) is 16.3 Å². The Hall–Kier alpha value is -2.17. The standard InChI is InChI=1S/C14H10F3N3O2S2/c15-14(16,17)13-8-11(12-2-1-7-23-12)20(18-13)10-5-3-9(4-6-10)19-24(21)22/h1-8,19H,(H,21,22). The zero-order chi connectivity index (χ0) is 17.3. The molecule has 1 unspecified atom stereocenters. The van der Waals surface area contributed by atoms with E-state index in [4.69, 9.17) is 4.55 Å². The van der Waals surface area contributed by atoms with Crippen molar-refractivity contribution in [2.45, 2.75) is 6.18 Å². The maximum Gasteiger partial charge on any atom is 0.435 e. The number of nitrogens with zero attached hydrogens (tertiary/aromatic N) is 2. The molecular formula is C14H10F3N3O2S2. The molecular weight excluding hydrogens is 363 g/mol. The summed E-state index contributed by atoms with van der Waals surface area (Å²) >= 11 is -0.917. The van der Waals surface area contributed by atoms with Gasteiger partial charge < -0.3 is 0 Å². The summed E-state index contributed by atoms with van der Waals surface area (Å²) in [7, 11) is 0. The molecule has 2 N–H and O–H groups in total. The van der Waals surface area contributed by atoms with E-state index in [2.05, 4.69) is 9.82 Å². The van der Waals surface area contributed by atoms with Crippen LogP contribution in [0, 0.1) is 0 Å². The topological polar surface area (TPSA) is 67.2 Å². The number of hydrogen-bond donors (Lipinski definition) is 2. The van der Waals surface area contributed by atoms with Crippen molar-refractivity contribution in [1.82, 2.24) is 9.78 Å². The molecule has 0 aliphatic rings. The van der Waals surface area contributed by atoms with Crippen LogP contribution in [-0.2, 0) is 17.4 Å². The molecule has 0 saturated carbocycles. The number of alkyl halides is 3. The highest BCUT2D eigenvalue weighted by atomic mass is 32.2. The fourth-order valence-corrected chi connectivity index (χ4v) is 3.15. The number of thiophene rings is 1. The molecule has 0 amide bonds. The molecule has 5 nitrogen and oxygen atoms in total. The predicted molar refractivity (Wildman–Crippen MR) is 86.3 cm³/mol. The van der Waals surface area contributed by atoms with E-state index in [0.29, 0.717) is 21.9 Å². The van der Waals surface area contributed by atoms with E-state index in [9.17, 15) is 17.4 Å². The van der Waals surface area contributed by atoms with Crippen LogP contribution in [0.3, 0.4) is 0 Å². The maximum atomic E-state index is 13.0. The number of aromatic nitrogens is 2. The normalized spacial score (nSPS) is 13.0. The van der Waals surface area contributed by atoms with E-state index in [1.807, 2.05) is 0 Å². The van der Waals surface area contributed by atoms with Gasteiger partial charge in [0, 0.05) is 5.69 Å². The van der Waals surface area contributed by atoms with Crippen LogP contribution in [0.15, 0.2) is 47.8 Å². The highest BCUT2D eigenvalue weighted by molar-refractivity contribution is 7.80. The predicted octanol–water partition coefficient (Wildman–Crippen LogP) is 4.17. The fraction of sp³-hybridized carbons (Fsp3) is 0.0714. The lowest BCUT2D eigenvalue weighted by atomic mass is 10.2. The quantitative estimate of drug-likeness (QED) is 0.675. The summed E-state index contributed by atoms with van der Waals surface area (Å²) in [6, 6.07) is 10.4. The lowest BCUT2D eigenvalue weighted by Crippen LogP contribution is -2.07. The fourth-order valence-electron chi connectivity index (χ4n) is 2.09. The Labute approximate surface area is 141 Å². The van der Waals surface area contributed by atoms with Crippen molar-refractivity contribution in [3.05, 3.63) is 53.5 Å². The second-order valence-electron chi connectivity index (χ2n) is 4.70. The number of hydrogen-bond acceptors (Lipinski definition) is 3. The van der Waals surface area contributed by atoms with Crippen LogP contribution in [0.4, 0.5) is 18.9 Å². The molecule has 24 heavy (non-hydrogen) atoms. The molecule has 0 aliphatic heterocycles. The minimum absolute atomic E-state index is 0.323. The summed E-state index contributed by atoms with van der Waals surface area (Å²) in [5, 5.41) is 5.43. The Balaban J connectivity index is 2.06. The van der Waals surface area contributed by atoms with Crippen molar-refractivity contribution in [1.29, 1.82) is 0 Å². The third kappa shape index (κ3) is 3.50. The molecule has 0 spiro atoms. The van der Waals surface area contributed by atoms with E-state index in [1.54, 1.807) is 17.5 Å². The minimum atomic E-state index is -4.55. The first kappa shape index (κ1) is 16.7. The van der Waals surface area contributed by atoms with Crippen LogP contribution in [-0.4, -0.2) is 18.5 Å². The summed E-state index contributed by atoms with van der Waals surface area (Å²) < 4.78 is 62.0. The van der Waals surface area contributed by atoms with Gasteiger partial charge in [0.25, 0.3) is 11.3 Å². The number of nitrogens with one attached hydrogen (secondary N) is 1. The van der Waals surface area contributed by atoms with Gasteiger partial charge in [-0.3, -0.25) is 9.27 Å². The van der Waals surface area contributed by atoms with Gasteiger partial charge in [-0.2, -0.15) is 18.3 Å². The van der Waals surface area contributed by atoms with Crippen LogP contribution in [0.5, 0.6) is 0 Å². The van der Waals surface area contributed by atoms with Gasteiger partial charge in [-0.25, -0.2) is 8.89 Å². The third-order valence-electron chi connectivity index (χ3n) is 3.09. The van der Waals surface area contributed by atoms with Crippen molar-refractivity contribution >= 4 is 28.3 Å². The van der Waals surface area contributed by atoms with Crippen molar-refractivity contribution in [2.24, 2.45) is 0 Å². The molecule has 126 valence electrons. The Morgan fingerprint density at radius 1 is 1.21 bits per heavy atom. The average Bonchev–Trinajstić information content (AvgIpc) is 3.16. The van der Waals surface area contributed by atoms with Crippen molar-refractivity contribution in [3.8, 4) is 16.3 Å². The number of anilines is 1. The van der Waals surface area contributed by atoms with Gasteiger partial charge in [-0.1, -0.05) is 6.07 Å². The molecule has 0 aliphatic carbocycles. The molecule has 1 atom stereocenters. The zero-order valence-corrected chi connectivity index (χ0v) is 13.5. The van der Waals surface area contributed by atoms with Gasteiger partial charge in [-0.15, -0.1) is 11.3 Å². The lowest BCUT2D eigenvalue weighted by molar-refractivity contribution is -0.141. The number of halogens is 3. The van der Waals surface area contributed by atoms with Gasteiger partial charge in [0.1, 0.15) is 0 Å². The monoisotopic (exact) mass is 373 g/mol. The number of rotatable bonds is 4. The minimum Gasteiger partial charge on any atom is -0.289 e. The molecule has 0 radical (unpaired) electrons. The smallest absolute Gasteiger partial charge is 0.289 e. The second-order valence-corrected chi connectivity index (χ2v) is 6.35. The van der Waals surface area contributed by atoms with E-state index >= 15 is 0 Å². The van der Waals surface area contributed by atoms with Crippen LogP contribution in [0.25, 0.3) is 16.3 Å². The van der Waals surface area contributed by atoms with Gasteiger partial charge in [-0.05, 0) is 41.8 Å². The zero-order valence-electron chi connectivity index (χ0n) is 11.8. The maximum absolute atomic E-state index is 13.0. The Morgan fingerprint density at radius 2 is 1.92 bits per heavy atom. The van der Waals surface area contributed by atoms with Crippen molar-refractivity contribution in [2.75, 3.05) is 4.72 Å². The van der Waals surface area contributed by atoms with Crippen molar-refractivity contribution in [3.63, 3.8) is 0 Å². The summed E-state index contributed by atoms with van der Waals surface area (Å²) in [5.41, 5.74) is 0.108. The molecule has 2 aromatic heterocycles. The molecule has 3 aromatic rings. The van der Waals surface area contributed by atoms with Gasteiger partial charge >= 0.3 is 6.18 Å². The lowest BCUT2D eigenvalue weighted by Gasteiger charge is -2.08. The molecule has 0 fully saturated rings. The van der Waals surface area contributed by atoms with E-state index in [0.717, 1.165) is 6.07 Å². The summed E-state index contributed by atoms with van der Waals surface area (Å²) in [4.78, 5) is 0.650. The molecule has 0 saturated heterocycles.